The van der Waals surface area contributed by atoms with Gasteiger partial charge >= 0.3 is 5.97 Å². The van der Waals surface area contributed by atoms with Crippen LogP contribution in [-0.2, 0) is 9.59 Å². The number of fused-ring (bicyclic) bond motifs is 1. The highest BCUT2D eigenvalue weighted by atomic mass is 16.5. The van der Waals surface area contributed by atoms with Gasteiger partial charge < -0.3 is 25.0 Å². The molecule has 3 heterocycles. The Bertz CT molecular complexity index is 1210. The molecule has 0 saturated carbocycles. The zero-order valence-corrected chi connectivity index (χ0v) is 19.4. The monoisotopic (exact) mass is 477 g/mol. The minimum Gasteiger partial charge on any atom is -0.496 e. The maximum absolute atomic E-state index is 13.3. The fourth-order valence-electron chi connectivity index (χ4n) is 4.10. The van der Waals surface area contributed by atoms with Gasteiger partial charge in [-0.3, -0.25) is 14.4 Å². The maximum atomic E-state index is 13.3. The number of piperazine rings is 1. The molecule has 4 rings (SSSR count). The number of pyridine rings is 2. The minimum atomic E-state index is -1.04. The van der Waals surface area contributed by atoms with E-state index in [9.17, 15) is 19.5 Å². The first-order valence-electron chi connectivity index (χ1n) is 11.4. The number of carboxylic acid groups (broad SMARTS) is 1. The number of nitrogens with zero attached hydrogens (tertiary/aromatic N) is 4. The van der Waals surface area contributed by atoms with Crippen LogP contribution in [0.15, 0.2) is 54.7 Å². The summed E-state index contributed by atoms with van der Waals surface area (Å²) in [5.74, 6) is -0.591. The van der Waals surface area contributed by atoms with Gasteiger partial charge in [0.25, 0.3) is 5.91 Å². The Morgan fingerprint density at radius 1 is 1.09 bits per heavy atom. The molecular formula is C25H27N5O5. The van der Waals surface area contributed by atoms with Gasteiger partial charge in [-0.15, -0.1) is 0 Å². The van der Waals surface area contributed by atoms with Crippen molar-refractivity contribution in [3.8, 4) is 5.75 Å². The number of ether oxygens (including phenoxy) is 1. The van der Waals surface area contributed by atoms with E-state index in [4.69, 9.17) is 4.74 Å². The van der Waals surface area contributed by atoms with E-state index >= 15 is 0 Å². The molecule has 0 spiro atoms. The van der Waals surface area contributed by atoms with Crippen LogP contribution >= 0.6 is 0 Å². The van der Waals surface area contributed by atoms with Gasteiger partial charge in [0.2, 0.25) is 5.91 Å². The summed E-state index contributed by atoms with van der Waals surface area (Å²) in [5.41, 5.74) is 0.671. The lowest BCUT2D eigenvalue weighted by molar-refractivity contribution is -0.138. The molecule has 10 nitrogen and oxygen atoms in total. The summed E-state index contributed by atoms with van der Waals surface area (Å²) in [6, 6.07) is 13.5. The highest BCUT2D eigenvalue weighted by Gasteiger charge is 2.30. The van der Waals surface area contributed by atoms with Gasteiger partial charge in [-0.25, -0.2) is 9.97 Å². The molecule has 10 heteroatoms. The number of aromatic nitrogens is 2. The van der Waals surface area contributed by atoms with E-state index in [1.807, 2.05) is 30.3 Å². The normalized spacial score (nSPS) is 14.4. The molecule has 1 aliphatic heterocycles. The first-order valence-corrected chi connectivity index (χ1v) is 11.4. The number of hydrogen-bond acceptors (Lipinski definition) is 7. The molecule has 1 aromatic carbocycles. The Balaban J connectivity index is 1.48. The topological polar surface area (TPSA) is 125 Å². The van der Waals surface area contributed by atoms with Gasteiger partial charge in [0.15, 0.2) is 0 Å². The van der Waals surface area contributed by atoms with Crippen LogP contribution in [0.5, 0.6) is 5.75 Å². The molecule has 0 aliphatic carbocycles. The number of amides is 2. The van der Waals surface area contributed by atoms with Crippen molar-refractivity contribution in [2.45, 2.75) is 18.9 Å². The lowest BCUT2D eigenvalue weighted by atomic mass is 10.1. The van der Waals surface area contributed by atoms with E-state index in [2.05, 4.69) is 20.2 Å². The maximum Gasteiger partial charge on any atom is 0.303 e. The van der Waals surface area contributed by atoms with Crippen LogP contribution in [0, 0.1) is 0 Å². The van der Waals surface area contributed by atoms with Crippen LogP contribution in [0.2, 0.25) is 0 Å². The summed E-state index contributed by atoms with van der Waals surface area (Å²) in [4.78, 5) is 50.1. The minimum absolute atomic E-state index is 0.0227. The highest BCUT2D eigenvalue weighted by Crippen LogP contribution is 2.25. The van der Waals surface area contributed by atoms with Gasteiger partial charge in [0.1, 0.15) is 23.3 Å². The number of para-hydroxylation sites is 1. The molecule has 35 heavy (non-hydrogen) atoms. The molecular weight excluding hydrogens is 450 g/mol. The van der Waals surface area contributed by atoms with Crippen LogP contribution in [-0.4, -0.2) is 77.1 Å². The molecule has 182 valence electrons. The van der Waals surface area contributed by atoms with Gasteiger partial charge in [0.05, 0.1) is 12.6 Å². The number of rotatable bonds is 8. The number of methoxy groups -OCH3 is 1. The predicted octanol–water partition coefficient (Wildman–Crippen LogP) is 1.95. The zero-order chi connectivity index (χ0) is 24.8. The van der Waals surface area contributed by atoms with E-state index in [-0.39, 0.29) is 24.4 Å². The van der Waals surface area contributed by atoms with Crippen molar-refractivity contribution in [3.63, 3.8) is 0 Å². The summed E-state index contributed by atoms with van der Waals surface area (Å²) in [5, 5.41) is 12.6. The molecule has 1 fully saturated rings. The van der Waals surface area contributed by atoms with Crippen LogP contribution in [0.3, 0.4) is 0 Å². The quantitative estimate of drug-likeness (QED) is 0.504. The number of benzene rings is 1. The molecule has 2 N–H and O–H groups in total. The fraction of sp³-hybridized carbons (Fsp3) is 0.320. The summed E-state index contributed by atoms with van der Waals surface area (Å²) in [6.45, 7) is 2.06. The number of nitrogens with one attached hydrogen (secondary N) is 1. The average molecular weight is 478 g/mol. The van der Waals surface area contributed by atoms with Crippen molar-refractivity contribution in [3.05, 3.63) is 60.4 Å². The molecule has 0 radical (unpaired) electrons. The average Bonchev–Trinajstić information content (AvgIpc) is 2.90. The second-order valence-corrected chi connectivity index (χ2v) is 8.19. The molecule has 1 saturated heterocycles. The summed E-state index contributed by atoms with van der Waals surface area (Å²) in [6.07, 6.45) is 1.45. The third-order valence-electron chi connectivity index (χ3n) is 5.95. The Morgan fingerprint density at radius 2 is 1.83 bits per heavy atom. The largest absolute Gasteiger partial charge is 0.496 e. The Kier molecular flexibility index (Phi) is 7.39. The van der Waals surface area contributed by atoms with Crippen LogP contribution < -0.4 is 15.0 Å². The second kappa shape index (κ2) is 10.8. The van der Waals surface area contributed by atoms with Crippen molar-refractivity contribution >= 4 is 34.5 Å². The van der Waals surface area contributed by atoms with Crippen molar-refractivity contribution in [2.24, 2.45) is 0 Å². The third-order valence-corrected chi connectivity index (χ3v) is 5.95. The van der Waals surface area contributed by atoms with Crippen molar-refractivity contribution < 1.29 is 24.2 Å². The molecule has 3 aromatic rings. The summed E-state index contributed by atoms with van der Waals surface area (Å²) >= 11 is 0. The van der Waals surface area contributed by atoms with E-state index in [1.54, 1.807) is 23.2 Å². The smallest absolute Gasteiger partial charge is 0.303 e. The van der Waals surface area contributed by atoms with Crippen LogP contribution in [0.25, 0.3) is 10.9 Å². The molecule has 1 atom stereocenters. The number of aliphatic carboxylic acids is 1. The second-order valence-electron chi connectivity index (χ2n) is 8.19. The summed E-state index contributed by atoms with van der Waals surface area (Å²) in [7, 11) is 1.51. The van der Waals surface area contributed by atoms with Gasteiger partial charge in [-0.1, -0.05) is 18.2 Å². The fourth-order valence-corrected chi connectivity index (χ4v) is 4.10. The van der Waals surface area contributed by atoms with Gasteiger partial charge in [-0.05, 0) is 30.7 Å². The third kappa shape index (κ3) is 5.65. The first-order chi connectivity index (χ1) is 17.0. The highest BCUT2D eigenvalue weighted by molar-refractivity contribution is 5.99. The molecule has 0 bridgehead atoms. The molecule has 2 amide bonds. The van der Waals surface area contributed by atoms with E-state index in [0.717, 1.165) is 11.2 Å². The molecule has 1 aliphatic rings. The molecule has 1 unspecified atom stereocenters. The SMILES string of the molecule is COc1cc(C(=O)NC(CCC(=O)O)C(=O)N2CCN(c3ccccn3)CC2)nc2ccccc12. The van der Waals surface area contributed by atoms with Gasteiger partial charge in [-0.2, -0.15) is 0 Å². The molecule has 2 aromatic heterocycles. The number of hydrogen-bond donors (Lipinski definition) is 2. The zero-order valence-electron chi connectivity index (χ0n) is 19.4. The number of carboxylic acids is 1. The lowest BCUT2D eigenvalue weighted by Gasteiger charge is -2.37. The number of carbonyl (C=O) groups excluding carboxylic acids is 2. The van der Waals surface area contributed by atoms with Crippen molar-refractivity contribution in [1.82, 2.24) is 20.2 Å². The summed E-state index contributed by atoms with van der Waals surface area (Å²) < 4.78 is 5.41. The Hall–Kier alpha value is -4.21. The standard InChI is InChI=1S/C25H27N5O5/c1-35-21-16-20(27-18-7-3-2-6-17(18)21)24(33)28-19(9-10-23(31)32)25(34)30-14-12-29(13-15-30)22-8-4-5-11-26-22/h2-8,11,16,19H,9-10,12-15H2,1H3,(H,28,33)(H,31,32). The predicted molar refractivity (Wildman–Crippen MR) is 129 cm³/mol. The van der Waals surface area contributed by atoms with Crippen molar-refractivity contribution in [1.29, 1.82) is 0 Å². The van der Waals surface area contributed by atoms with Crippen molar-refractivity contribution in [2.75, 3.05) is 38.2 Å². The van der Waals surface area contributed by atoms with E-state index in [0.29, 0.717) is 37.4 Å². The van der Waals surface area contributed by atoms with E-state index in [1.165, 1.54) is 13.2 Å². The van der Waals surface area contributed by atoms with Crippen LogP contribution in [0.4, 0.5) is 5.82 Å². The number of carbonyl (C=O) groups is 3. The number of anilines is 1. The Morgan fingerprint density at radius 3 is 2.51 bits per heavy atom. The van der Waals surface area contributed by atoms with E-state index < -0.39 is 17.9 Å². The lowest BCUT2D eigenvalue weighted by Crippen LogP contribution is -2.55. The Labute approximate surface area is 202 Å². The first kappa shape index (κ1) is 23.9. The van der Waals surface area contributed by atoms with Gasteiger partial charge in [0, 0.05) is 50.2 Å². The van der Waals surface area contributed by atoms with Crippen LogP contribution in [0.1, 0.15) is 23.3 Å².